The van der Waals surface area contributed by atoms with Gasteiger partial charge in [0.1, 0.15) is 4.83 Å². The molecule has 9 heteroatoms. The maximum absolute atomic E-state index is 12.5. The van der Waals surface area contributed by atoms with E-state index in [0.29, 0.717) is 18.0 Å². The smallest absolute Gasteiger partial charge is 0.409 e. The van der Waals surface area contributed by atoms with Crippen molar-refractivity contribution in [3.05, 3.63) is 10.9 Å². The Balaban J connectivity index is 1.60. The fourth-order valence-electron chi connectivity index (χ4n) is 3.06. The van der Waals surface area contributed by atoms with Gasteiger partial charge in [-0.1, -0.05) is 11.3 Å². The Labute approximate surface area is 160 Å². The number of nitrogens with zero attached hydrogens (tertiary/aromatic N) is 3. The molecule has 1 aliphatic heterocycles. The molecule has 2 amide bonds. The van der Waals surface area contributed by atoms with Gasteiger partial charge in [0.15, 0.2) is 5.13 Å². The molecule has 2 aromatic rings. The lowest BCUT2D eigenvalue weighted by Crippen LogP contribution is -2.46. The number of amides is 2. The van der Waals surface area contributed by atoms with Crippen molar-refractivity contribution in [3.8, 4) is 0 Å². The summed E-state index contributed by atoms with van der Waals surface area (Å²) in [6.45, 7) is 7.29. The summed E-state index contributed by atoms with van der Waals surface area (Å²) in [5.74, 6) is -0.0545. The highest BCUT2D eigenvalue weighted by Crippen LogP contribution is 2.34. The molecule has 0 atom stereocenters. The first-order chi connectivity index (χ1) is 12.5. The van der Waals surface area contributed by atoms with Gasteiger partial charge >= 0.3 is 6.09 Å². The van der Waals surface area contributed by atoms with Crippen molar-refractivity contribution in [1.82, 2.24) is 15.2 Å². The van der Waals surface area contributed by atoms with E-state index in [9.17, 15) is 9.59 Å². The van der Waals surface area contributed by atoms with Crippen molar-refractivity contribution < 1.29 is 14.3 Å². The van der Waals surface area contributed by atoms with Gasteiger partial charge in [0.25, 0.3) is 5.91 Å². The lowest BCUT2D eigenvalue weighted by molar-refractivity contribution is 0.0896. The number of carbonyl (C=O) groups is 2. The molecule has 0 saturated carbocycles. The average Bonchev–Trinajstić information content (AvgIpc) is 3.22. The fraction of sp³-hybridized carbons (Fsp3) is 0.588. The van der Waals surface area contributed by atoms with E-state index in [4.69, 9.17) is 4.74 Å². The standard InChI is InChI=1S/C17H24N4O3S2/c1-4-20(5-2)16-19-15-13(26-16)10-12(25-15)14(22)18-11-6-8-21(9-7-11)17(23)24-3/h10-11H,4-9H2,1-3H3,(H,18,22). The highest BCUT2D eigenvalue weighted by molar-refractivity contribution is 7.29. The zero-order chi connectivity index (χ0) is 18.7. The van der Waals surface area contributed by atoms with Crippen LogP contribution in [-0.4, -0.2) is 61.2 Å². The van der Waals surface area contributed by atoms with Gasteiger partial charge in [-0.2, -0.15) is 0 Å². The summed E-state index contributed by atoms with van der Waals surface area (Å²) in [7, 11) is 1.39. The molecule has 7 nitrogen and oxygen atoms in total. The SMILES string of the molecule is CCN(CC)c1nc2sc(C(=O)NC3CCN(C(=O)OC)CC3)cc2s1. The Bertz CT molecular complexity index is 745. The molecular formula is C17H24N4O3S2. The van der Waals surface area contributed by atoms with Gasteiger partial charge < -0.3 is 19.9 Å². The first-order valence-corrected chi connectivity index (χ1v) is 10.5. The Morgan fingerprint density at radius 1 is 1.31 bits per heavy atom. The van der Waals surface area contributed by atoms with Gasteiger partial charge in [0, 0.05) is 32.2 Å². The number of hydrogen-bond acceptors (Lipinski definition) is 7. The molecular weight excluding hydrogens is 372 g/mol. The zero-order valence-corrected chi connectivity index (χ0v) is 16.9. The molecule has 0 bridgehead atoms. The number of hydrogen-bond donors (Lipinski definition) is 1. The molecule has 0 unspecified atom stereocenters. The molecule has 1 aliphatic rings. The molecule has 0 spiro atoms. The van der Waals surface area contributed by atoms with Crippen LogP contribution >= 0.6 is 22.7 Å². The molecule has 1 fully saturated rings. The third-order valence-corrected chi connectivity index (χ3v) is 6.82. The van der Waals surface area contributed by atoms with E-state index >= 15 is 0 Å². The first-order valence-electron chi connectivity index (χ1n) is 8.84. The van der Waals surface area contributed by atoms with Gasteiger partial charge in [-0.3, -0.25) is 4.79 Å². The van der Waals surface area contributed by atoms with Crippen LogP contribution in [0.1, 0.15) is 36.4 Å². The fourth-order valence-corrected chi connectivity index (χ4v) is 5.30. The molecule has 3 heterocycles. The summed E-state index contributed by atoms with van der Waals surface area (Å²) in [4.78, 5) is 34.2. The van der Waals surface area contributed by atoms with Gasteiger partial charge in [-0.25, -0.2) is 9.78 Å². The van der Waals surface area contributed by atoms with E-state index in [1.807, 2.05) is 6.07 Å². The van der Waals surface area contributed by atoms with Crippen molar-refractivity contribution in [2.45, 2.75) is 32.7 Å². The van der Waals surface area contributed by atoms with Crippen molar-refractivity contribution in [3.63, 3.8) is 0 Å². The van der Waals surface area contributed by atoms with Crippen molar-refractivity contribution in [1.29, 1.82) is 0 Å². The molecule has 3 rings (SSSR count). The van der Waals surface area contributed by atoms with E-state index in [1.54, 1.807) is 16.2 Å². The number of methoxy groups -OCH3 is 1. The van der Waals surface area contributed by atoms with Crippen molar-refractivity contribution in [2.75, 3.05) is 38.2 Å². The lowest BCUT2D eigenvalue weighted by Gasteiger charge is -2.31. The van der Waals surface area contributed by atoms with Crippen LogP contribution in [-0.2, 0) is 4.74 Å². The second-order valence-electron chi connectivity index (χ2n) is 6.15. The second-order valence-corrected chi connectivity index (χ2v) is 8.19. The van der Waals surface area contributed by atoms with Crippen LogP contribution in [0.5, 0.6) is 0 Å². The van der Waals surface area contributed by atoms with E-state index in [1.165, 1.54) is 18.4 Å². The maximum Gasteiger partial charge on any atom is 0.409 e. The van der Waals surface area contributed by atoms with Crippen LogP contribution in [0.2, 0.25) is 0 Å². The number of thiazole rings is 1. The van der Waals surface area contributed by atoms with Crippen molar-refractivity contribution in [2.24, 2.45) is 0 Å². The highest BCUT2D eigenvalue weighted by atomic mass is 32.1. The number of ether oxygens (including phenoxy) is 1. The minimum Gasteiger partial charge on any atom is -0.453 e. The van der Waals surface area contributed by atoms with Crippen LogP contribution in [0.3, 0.4) is 0 Å². The monoisotopic (exact) mass is 396 g/mol. The summed E-state index contributed by atoms with van der Waals surface area (Å²) in [6.07, 6.45) is 1.18. The van der Waals surface area contributed by atoms with E-state index in [-0.39, 0.29) is 18.0 Å². The molecule has 0 aliphatic carbocycles. The van der Waals surface area contributed by atoms with Gasteiger partial charge in [-0.05, 0) is 32.8 Å². The van der Waals surface area contributed by atoms with Crippen molar-refractivity contribution >= 4 is 49.3 Å². The maximum atomic E-state index is 12.5. The van der Waals surface area contributed by atoms with Crippen LogP contribution in [0.25, 0.3) is 9.53 Å². The number of piperidine rings is 1. The Hall–Kier alpha value is -1.87. The quantitative estimate of drug-likeness (QED) is 0.840. The number of carbonyl (C=O) groups excluding carboxylic acids is 2. The Morgan fingerprint density at radius 2 is 2.00 bits per heavy atom. The number of thiophene rings is 1. The Kier molecular flexibility index (Phi) is 5.98. The molecule has 26 heavy (non-hydrogen) atoms. The third-order valence-electron chi connectivity index (χ3n) is 4.60. The summed E-state index contributed by atoms with van der Waals surface area (Å²) in [6, 6.07) is 2.02. The summed E-state index contributed by atoms with van der Waals surface area (Å²) in [5.41, 5.74) is 0. The number of rotatable bonds is 5. The summed E-state index contributed by atoms with van der Waals surface area (Å²) < 4.78 is 5.79. The molecule has 1 saturated heterocycles. The molecule has 142 valence electrons. The second kappa shape index (κ2) is 8.22. The van der Waals surface area contributed by atoms with Gasteiger partial charge in [-0.15, -0.1) is 11.3 Å². The minimum atomic E-state index is -0.302. The highest BCUT2D eigenvalue weighted by Gasteiger charge is 2.25. The van der Waals surface area contributed by atoms with E-state index < -0.39 is 0 Å². The van der Waals surface area contributed by atoms with E-state index in [0.717, 1.165) is 40.6 Å². The number of aromatic nitrogens is 1. The predicted molar refractivity (Wildman–Crippen MR) is 106 cm³/mol. The van der Waals surface area contributed by atoms with Gasteiger partial charge in [0.2, 0.25) is 0 Å². The summed E-state index contributed by atoms with van der Waals surface area (Å²) in [5, 5.41) is 4.09. The van der Waals surface area contributed by atoms with Gasteiger partial charge in [0.05, 0.1) is 16.7 Å². The molecule has 2 aromatic heterocycles. The first kappa shape index (κ1) is 18.9. The third kappa shape index (κ3) is 3.93. The zero-order valence-electron chi connectivity index (χ0n) is 15.3. The minimum absolute atomic E-state index is 0.0545. The summed E-state index contributed by atoms with van der Waals surface area (Å²) >= 11 is 3.07. The average molecular weight is 397 g/mol. The number of anilines is 1. The Morgan fingerprint density at radius 3 is 2.58 bits per heavy atom. The van der Waals surface area contributed by atoms with Crippen LogP contribution < -0.4 is 10.2 Å². The largest absolute Gasteiger partial charge is 0.453 e. The number of likely N-dealkylation sites (tertiary alicyclic amines) is 1. The predicted octanol–water partition coefficient (Wildman–Crippen LogP) is 3.16. The number of fused-ring (bicyclic) bond motifs is 1. The topological polar surface area (TPSA) is 74.8 Å². The molecule has 1 N–H and O–H groups in total. The molecule has 0 aromatic carbocycles. The van der Waals surface area contributed by atoms with E-state index in [2.05, 4.69) is 29.0 Å². The van der Waals surface area contributed by atoms with Crippen LogP contribution in [0, 0.1) is 0 Å². The normalized spacial score (nSPS) is 15.3. The van der Waals surface area contributed by atoms with Crippen LogP contribution in [0.4, 0.5) is 9.93 Å². The lowest BCUT2D eigenvalue weighted by atomic mass is 10.1. The number of nitrogens with one attached hydrogen (secondary N) is 1. The van der Waals surface area contributed by atoms with Crippen LogP contribution in [0.15, 0.2) is 6.07 Å². The molecule has 0 radical (unpaired) electrons.